The van der Waals surface area contributed by atoms with Crippen LogP contribution in [-0.2, 0) is 0 Å². The average molecular weight is 350 g/mol. The third-order valence-electron chi connectivity index (χ3n) is 3.54. The van der Waals surface area contributed by atoms with Crippen molar-refractivity contribution in [1.82, 2.24) is 14.6 Å². The van der Waals surface area contributed by atoms with Gasteiger partial charge in [0, 0.05) is 21.8 Å². The maximum absolute atomic E-state index is 4.59. The number of rotatable bonds is 2. The summed E-state index contributed by atoms with van der Waals surface area (Å²) in [4.78, 5) is 4.58. The van der Waals surface area contributed by atoms with E-state index in [9.17, 15) is 0 Å². The second-order valence-electron chi connectivity index (χ2n) is 5.03. The summed E-state index contributed by atoms with van der Waals surface area (Å²) < 4.78 is 2.88. The molecule has 0 fully saturated rings. The fourth-order valence-electron chi connectivity index (χ4n) is 2.41. The lowest BCUT2D eigenvalue weighted by Gasteiger charge is -2.00. The number of hydrogen-bond donors (Lipinski definition) is 0. The van der Waals surface area contributed by atoms with Gasteiger partial charge in [0.25, 0.3) is 0 Å². The lowest BCUT2D eigenvalue weighted by atomic mass is 10.1. The first-order chi connectivity index (χ1) is 10.8. The largest absolute Gasteiger partial charge is 0.220 e. The Morgan fingerprint density at radius 3 is 2.23 bits per heavy atom. The van der Waals surface area contributed by atoms with E-state index in [1.807, 2.05) is 59.2 Å². The van der Waals surface area contributed by atoms with Gasteiger partial charge in [0.1, 0.15) is 0 Å². The zero-order valence-corrected chi connectivity index (χ0v) is 13.2. The van der Waals surface area contributed by atoms with Crippen molar-refractivity contribution in [2.24, 2.45) is 0 Å². The van der Waals surface area contributed by atoms with Crippen LogP contribution in [0.25, 0.3) is 28.2 Å². The van der Waals surface area contributed by atoms with Crippen LogP contribution < -0.4 is 0 Å². The minimum Gasteiger partial charge on any atom is -0.220 e. The molecule has 0 amide bonds. The van der Waals surface area contributed by atoms with Crippen LogP contribution in [0, 0.1) is 0 Å². The maximum Gasteiger partial charge on any atom is 0.182 e. The van der Waals surface area contributed by atoms with E-state index < -0.39 is 0 Å². The van der Waals surface area contributed by atoms with Gasteiger partial charge in [-0.05, 0) is 29.8 Å². The molecule has 4 rings (SSSR count). The van der Waals surface area contributed by atoms with E-state index in [-0.39, 0.29) is 0 Å². The van der Waals surface area contributed by atoms with Crippen LogP contribution in [0.1, 0.15) is 0 Å². The molecule has 0 unspecified atom stereocenters. The van der Waals surface area contributed by atoms with Crippen molar-refractivity contribution in [1.29, 1.82) is 0 Å². The topological polar surface area (TPSA) is 30.2 Å². The Labute approximate surface area is 136 Å². The minimum absolute atomic E-state index is 0.734. The van der Waals surface area contributed by atoms with Crippen LogP contribution in [0.4, 0.5) is 0 Å². The normalized spacial score (nSPS) is 11.0. The molecule has 0 spiro atoms. The van der Waals surface area contributed by atoms with Gasteiger partial charge in [-0.15, -0.1) is 5.10 Å². The zero-order valence-electron chi connectivity index (χ0n) is 11.6. The lowest BCUT2D eigenvalue weighted by molar-refractivity contribution is 0.967. The van der Waals surface area contributed by atoms with Crippen LogP contribution >= 0.6 is 15.9 Å². The molecule has 22 heavy (non-hydrogen) atoms. The van der Waals surface area contributed by atoms with E-state index in [1.165, 1.54) is 5.56 Å². The van der Waals surface area contributed by atoms with Crippen molar-refractivity contribution < 1.29 is 0 Å². The third kappa shape index (κ3) is 2.42. The van der Waals surface area contributed by atoms with Gasteiger partial charge in [0.2, 0.25) is 0 Å². The molecule has 0 saturated heterocycles. The van der Waals surface area contributed by atoms with E-state index in [4.69, 9.17) is 0 Å². The highest BCUT2D eigenvalue weighted by Crippen LogP contribution is 2.22. The van der Waals surface area contributed by atoms with Crippen LogP contribution in [0.15, 0.2) is 77.4 Å². The molecule has 2 aromatic carbocycles. The van der Waals surface area contributed by atoms with Gasteiger partial charge in [-0.2, -0.15) is 0 Å². The summed E-state index contributed by atoms with van der Waals surface area (Å²) in [5.41, 5.74) is 4.15. The maximum atomic E-state index is 4.59. The third-order valence-corrected chi connectivity index (χ3v) is 4.07. The van der Waals surface area contributed by atoms with Gasteiger partial charge in [-0.1, -0.05) is 58.4 Å². The molecule has 0 aliphatic carbocycles. The van der Waals surface area contributed by atoms with Crippen molar-refractivity contribution in [2.75, 3.05) is 0 Å². The Morgan fingerprint density at radius 2 is 1.45 bits per heavy atom. The summed E-state index contributed by atoms with van der Waals surface area (Å²) in [6.07, 6.45) is 2.01. The average Bonchev–Trinajstić information content (AvgIpc) is 2.99. The summed E-state index contributed by atoms with van der Waals surface area (Å²) in [7, 11) is 0. The number of benzene rings is 2. The van der Waals surface area contributed by atoms with E-state index in [0.717, 1.165) is 27.1 Å². The Balaban J connectivity index is 1.80. The Morgan fingerprint density at radius 1 is 0.727 bits per heavy atom. The molecule has 4 heteroatoms. The highest BCUT2D eigenvalue weighted by molar-refractivity contribution is 9.10. The predicted octanol–water partition coefficient (Wildman–Crippen LogP) is 4.83. The first-order valence-corrected chi connectivity index (χ1v) is 7.77. The Kier molecular flexibility index (Phi) is 3.24. The SMILES string of the molecule is Brc1ccc(-c2nc3ccc(-c4ccccc4)cn3n2)cc1. The quantitative estimate of drug-likeness (QED) is 0.519. The number of hydrogen-bond acceptors (Lipinski definition) is 2. The molecule has 4 aromatic rings. The number of aromatic nitrogens is 3. The van der Waals surface area contributed by atoms with E-state index in [2.05, 4.69) is 44.2 Å². The molecule has 2 aromatic heterocycles. The molecule has 0 radical (unpaired) electrons. The molecule has 0 aliphatic heterocycles. The highest BCUT2D eigenvalue weighted by atomic mass is 79.9. The number of fused-ring (bicyclic) bond motifs is 1. The molecule has 0 atom stereocenters. The summed E-state index contributed by atoms with van der Waals surface area (Å²) in [6, 6.07) is 22.4. The fourth-order valence-corrected chi connectivity index (χ4v) is 2.67. The molecule has 0 saturated carbocycles. The molecule has 0 aliphatic rings. The smallest absolute Gasteiger partial charge is 0.182 e. The summed E-state index contributed by atoms with van der Waals surface area (Å²) in [5.74, 6) is 0.734. The van der Waals surface area contributed by atoms with Crippen LogP contribution in [-0.4, -0.2) is 14.6 Å². The summed E-state index contributed by atoms with van der Waals surface area (Å²) in [5, 5.41) is 4.59. The highest BCUT2D eigenvalue weighted by Gasteiger charge is 2.07. The van der Waals surface area contributed by atoms with Gasteiger partial charge in [0.05, 0.1) is 0 Å². The van der Waals surface area contributed by atoms with Crippen LogP contribution in [0.3, 0.4) is 0 Å². The van der Waals surface area contributed by atoms with E-state index >= 15 is 0 Å². The standard InChI is InChI=1S/C18H12BrN3/c19-16-9-6-14(7-10-16)18-20-17-11-8-15(12-22(17)21-18)13-4-2-1-3-5-13/h1-12H. The zero-order chi connectivity index (χ0) is 14.9. The summed E-state index contributed by atoms with van der Waals surface area (Å²) >= 11 is 3.44. The molecule has 106 valence electrons. The number of halogens is 1. The first kappa shape index (κ1) is 13.2. The van der Waals surface area contributed by atoms with Crippen LogP contribution in [0.2, 0.25) is 0 Å². The van der Waals surface area contributed by atoms with Gasteiger partial charge in [0.15, 0.2) is 11.5 Å². The van der Waals surface area contributed by atoms with Gasteiger partial charge in [-0.25, -0.2) is 9.50 Å². The van der Waals surface area contributed by atoms with Gasteiger partial charge in [-0.3, -0.25) is 0 Å². The molecule has 0 bridgehead atoms. The van der Waals surface area contributed by atoms with Gasteiger partial charge < -0.3 is 0 Å². The molecule has 3 nitrogen and oxygen atoms in total. The van der Waals surface area contributed by atoms with Crippen molar-refractivity contribution >= 4 is 21.6 Å². The van der Waals surface area contributed by atoms with Crippen molar-refractivity contribution in [3.8, 4) is 22.5 Å². The van der Waals surface area contributed by atoms with E-state index in [0.29, 0.717) is 0 Å². The molecular formula is C18H12BrN3. The minimum atomic E-state index is 0.734. The summed E-state index contributed by atoms with van der Waals surface area (Å²) in [6.45, 7) is 0. The second kappa shape index (κ2) is 5.39. The monoisotopic (exact) mass is 349 g/mol. The lowest BCUT2D eigenvalue weighted by Crippen LogP contribution is -1.88. The fraction of sp³-hybridized carbons (Fsp3) is 0. The van der Waals surface area contributed by atoms with Crippen molar-refractivity contribution in [3.05, 3.63) is 77.4 Å². The first-order valence-electron chi connectivity index (χ1n) is 6.97. The predicted molar refractivity (Wildman–Crippen MR) is 91.6 cm³/mol. The number of pyridine rings is 1. The molecule has 2 heterocycles. The Bertz CT molecular complexity index is 928. The number of nitrogens with zero attached hydrogens (tertiary/aromatic N) is 3. The van der Waals surface area contributed by atoms with Crippen LogP contribution in [0.5, 0.6) is 0 Å². The molecular weight excluding hydrogens is 338 g/mol. The Hall–Kier alpha value is -2.46. The van der Waals surface area contributed by atoms with Crippen molar-refractivity contribution in [3.63, 3.8) is 0 Å². The van der Waals surface area contributed by atoms with Crippen molar-refractivity contribution in [2.45, 2.75) is 0 Å². The van der Waals surface area contributed by atoms with E-state index in [1.54, 1.807) is 0 Å². The second-order valence-corrected chi connectivity index (χ2v) is 5.94. The molecule has 0 N–H and O–H groups in total. The van der Waals surface area contributed by atoms with Gasteiger partial charge >= 0.3 is 0 Å².